The van der Waals surface area contributed by atoms with E-state index in [1.807, 2.05) is 0 Å². The summed E-state index contributed by atoms with van der Waals surface area (Å²) < 4.78 is 24.7. The highest BCUT2D eigenvalue weighted by atomic mass is 32.2. The summed E-state index contributed by atoms with van der Waals surface area (Å²) >= 11 is 0. The first kappa shape index (κ1) is 17.9. The van der Waals surface area contributed by atoms with Gasteiger partial charge in [0.2, 0.25) is 5.91 Å². The van der Waals surface area contributed by atoms with Crippen molar-refractivity contribution in [3.63, 3.8) is 0 Å². The van der Waals surface area contributed by atoms with Gasteiger partial charge in [0, 0.05) is 6.26 Å². The third-order valence-corrected chi connectivity index (χ3v) is 4.25. The van der Waals surface area contributed by atoms with E-state index in [0.29, 0.717) is 11.0 Å². The zero-order valence-corrected chi connectivity index (χ0v) is 14.2. The molecule has 0 aliphatic heterocycles. The van der Waals surface area contributed by atoms with Gasteiger partial charge < -0.3 is 15.0 Å². The second kappa shape index (κ2) is 7.00. The van der Waals surface area contributed by atoms with Crippen LogP contribution in [0.3, 0.4) is 0 Å². The number of imidazole rings is 1. The summed E-state index contributed by atoms with van der Waals surface area (Å²) in [6, 6.07) is 6.00. The molecule has 0 aliphatic rings. The van der Waals surface area contributed by atoms with E-state index < -0.39 is 27.8 Å². The number of para-hydroxylation sites is 2. The Bertz CT molecular complexity index is 872. The molecule has 0 spiro atoms. The number of nitrogens with zero attached hydrogens (tertiary/aromatic N) is 2. The van der Waals surface area contributed by atoms with Crippen LogP contribution in [-0.2, 0) is 31.7 Å². The number of rotatable bonds is 7. The molecule has 1 aromatic heterocycles. The number of nitrogens with one attached hydrogen (secondary N) is 1. The van der Waals surface area contributed by atoms with E-state index in [4.69, 9.17) is 5.11 Å². The van der Waals surface area contributed by atoms with Crippen LogP contribution in [0.1, 0.15) is 19.2 Å². The Labute approximate surface area is 139 Å². The fraction of sp³-hybridized carbons (Fsp3) is 0.400. The van der Waals surface area contributed by atoms with Gasteiger partial charge in [-0.15, -0.1) is 0 Å². The molecule has 2 N–H and O–H groups in total. The van der Waals surface area contributed by atoms with Gasteiger partial charge in [-0.05, 0) is 18.6 Å². The fourth-order valence-corrected chi connectivity index (χ4v) is 3.06. The van der Waals surface area contributed by atoms with Gasteiger partial charge in [-0.1, -0.05) is 19.1 Å². The number of sulfone groups is 1. The number of aliphatic carboxylic acids is 1. The van der Waals surface area contributed by atoms with E-state index >= 15 is 0 Å². The predicted octanol–water partition coefficient (Wildman–Crippen LogP) is 0.560. The van der Waals surface area contributed by atoms with Crippen LogP contribution in [-0.4, -0.2) is 47.2 Å². The highest BCUT2D eigenvalue weighted by Crippen LogP contribution is 2.17. The number of fused-ring (bicyclic) bond motifs is 1. The molecule has 2 aromatic rings. The minimum atomic E-state index is -3.33. The second-order valence-corrected chi connectivity index (χ2v) is 7.68. The Hall–Kier alpha value is -2.42. The molecule has 1 atom stereocenters. The first-order valence-corrected chi connectivity index (χ1v) is 9.41. The topological polar surface area (TPSA) is 118 Å². The van der Waals surface area contributed by atoms with Gasteiger partial charge in [-0.2, -0.15) is 0 Å². The van der Waals surface area contributed by atoms with Crippen molar-refractivity contribution in [2.75, 3.05) is 6.26 Å². The molecule has 1 amide bonds. The monoisotopic (exact) mass is 353 g/mol. The van der Waals surface area contributed by atoms with Crippen molar-refractivity contribution in [2.24, 2.45) is 0 Å². The molecule has 1 aromatic carbocycles. The zero-order chi connectivity index (χ0) is 17.9. The number of carboxylic acids is 1. The van der Waals surface area contributed by atoms with Crippen LogP contribution in [0, 0.1) is 0 Å². The van der Waals surface area contributed by atoms with Gasteiger partial charge in [-0.3, -0.25) is 4.79 Å². The Morgan fingerprint density at radius 3 is 2.58 bits per heavy atom. The highest BCUT2D eigenvalue weighted by Gasteiger charge is 2.21. The SMILES string of the molecule is CCC(NC(=O)Cn1c(CS(C)(=O)=O)nc2ccccc21)C(=O)O. The molecule has 2 rings (SSSR count). The van der Waals surface area contributed by atoms with Crippen molar-refractivity contribution in [2.45, 2.75) is 31.7 Å². The van der Waals surface area contributed by atoms with Gasteiger partial charge >= 0.3 is 5.97 Å². The Morgan fingerprint density at radius 2 is 2.00 bits per heavy atom. The molecule has 8 nitrogen and oxygen atoms in total. The van der Waals surface area contributed by atoms with Crippen LogP contribution in [0.25, 0.3) is 11.0 Å². The average Bonchev–Trinajstić information content (AvgIpc) is 2.80. The van der Waals surface area contributed by atoms with Gasteiger partial charge in [0.1, 0.15) is 24.2 Å². The molecule has 0 saturated heterocycles. The summed E-state index contributed by atoms with van der Waals surface area (Å²) in [5.41, 5.74) is 1.20. The maximum absolute atomic E-state index is 12.2. The molecule has 9 heteroatoms. The number of aromatic nitrogens is 2. The molecule has 0 aliphatic carbocycles. The van der Waals surface area contributed by atoms with E-state index in [0.717, 1.165) is 6.26 Å². The molecule has 0 bridgehead atoms. The standard InChI is InChI=1S/C15H19N3O5S/c1-3-10(15(20)21)17-14(19)8-18-12-7-5-4-6-11(12)16-13(18)9-24(2,22)23/h4-7,10H,3,8-9H2,1-2H3,(H,17,19)(H,20,21). The third-order valence-electron chi connectivity index (χ3n) is 3.47. The van der Waals surface area contributed by atoms with Crippen LogP contribution < -0.4 is 5.32 Å². The van der Waals surface area contributed by atoms with E-state index in [1.165, 1.54) is 4.57 Å². The largest absolute Gasteiger partial charge is 0.480 e. The third kappa shape index (κ3) is 4.31. The number of benzene rings is 1. The smallest absolute Gasteiger partial charge is 0.326 e. The van der Waals surface area contributed by atoms with Crippen molar-refractivity contribution in [3.8, 4) is 0 Å². The van der Waals surface area contributed by atoms with Crippen LogP contribution in [0.5, 0.6) is 0 Å². The number of carbonyl (C=O) groups excluding carboxylic acids is 1. The lowest BCUT2D eigenvalue weighted by Crippen LogP contribution is -2.42. The summed E-state index contributed by atoms with van der Waals surface area (Å²) in [6.45, 7) is 1.45. The molecule has 24 heavy (non-hydrogen) atoms. The van der Waals surface area contributed by atoms with Crippen molar-refractivity contribution in [1.29, 1.82) is 0 Å². The average molecular weight is 353 g/mol. The number of carboxylic acid groups (broad SMARTS) is 1. The summed E-state index contributed by atoms with van der Waals surface area (Å²) in [5.74, 6) is -1.68. The van der Waals surface area contributed by atoms with Crippen molar-refractivity contribution in [1.82, 2.24) is 14.9 Å². The number of carbonyl (C=O) groups is 2. The summed E-state index contributed by atoms with van der Waals surface area (Å²) in [5, 5.41) is 11.4. The van der Waals surface area contributed by atoms with Gasteiger partial charge in [0.05, 0.1) is 11.0 Å². The van der Waals surface area contributed by atoms with E-state index in [2.05, 4.69) is 10.3 Å². The first-order chi connectivity index (χ1) is 11.2. The molecule has 130 valence electrons. The quantitative estimate of drug-likeness (QED) is 0.751. The van der Waals surface area contributed by atoms with E-state index in [1.54, 1.807) is 31.2 Å². The number of hydrogen-bond acceptors (Lipinski definition) is 5. The Morgan fingerprint density at radius 1 is 1.33 bits per heavy atom. The van der Waals surface area contributed by atoms with Crippen LogP contribution in [0.15, 0.2) is 24.3 Å². The Kier molecular flexibility index (Phi) is 5.23. The number of amides is 1. The second-order valence-electron chi connectivity index (χ2n) is 5.54. The zero-order valence-electron chi connectivity index (χ0n) is 13.4. The van der Waals surface area contributed by atoms with Crippen molar-refractivity contribution in [3.05, 3.63) is 30.1 Å². The lowest BCUT2D eigenvalue weighted by atomic mass is 10.2. The lowest BCUT2D eigenvalue weighted by molar-refractivity contribution is -0.142. The van der Waals surface area contributed by atoms with Crippen LogP contribution in [0.4, 0.5) is 0 Å². The molecule has 0 radical (unpaired) electrons. The van der Waals surface area contributed by atoms with Crippen molar-refractivity contribution >= 4 is 32.7 Å². The molecular formula is C15H19N3O5S. The minimum Gasteiger partial charge on any atom is -0.480 e. The first-order valence-electron chi connectivity index (χ1n) is 7.35. The molecule has 0 fully saturated rings. The molecular weight excluding hydrogens is 334 g/mol. The summed E-state index contributed by atoms with van der Waals surface area (Å²) in [4.78, 5) is 27.5. The number of hydrogen-bond donors (Lipinski definition) is 2. The summed E-state index contributed by atoms with van der Waals surface area (Å²) in [7, 11) is -3.33. The maximum atomic E-state index is 12.2. The Balaban J connectivity index is 2.34. The van der Waals surface area contributed by atoms with E-state index in [-0.39, 0.29) is 24.5 Å². The molecule has 1 unspecified atom stereocenters. The molecule has 1 heterocycles. The predicted molar refractivity (Wildman–Crippen MR) is 88.1 cm³/mol. The van der Waals surface area contributed by atoms with E-state index in [9.17, 15) is 18.0 Å². The summed E-state index contributed by atoms with van der Waals surface area (Å²) in [6.07, 6.45) is 1.34. The maximum Gasteiger partial charge on any atom is 0.326 e. The van der Waals surface area contributed by atoms with Crippen molar-refractivity contribution < 1.29 is 23.1 Å². The molecule has 0 saturated carbocycles. The van der Waals surface area contributed by atoms with Gasteiger partial charge in [-0.25, -0.2) is 18.2 Å². The van der Waals surface area contributed by atoms with Gasteiger partial charge in [0.25, 0.3) is 0 Å². The lowest BCUT2D eigenvalue weighted by Gasteiger charge is -2.14. The minimum absolute atomic E-state index is 0.199. The van der Waals surface area contributed by atoms with Crippen LogP contribution in [0.2, 0.25) is 0 Å². The normalized spacial score (nSPS) is 12.9. The highest BCUT2D eigenvalue weighted by molar-refractivity contribution is 7.89. The van der Waals surface area contributed by atoms with Crippen LogP contribution >= 0.6 is 0 Å². The van der Waals surface area contributed by atoms with Gasteiger partial charge in [0.15, 0.2) is 9.84 Å². The fourth-order valence-electron chi connectivity index (χ4n) is 2.37.